The number of sulfonamides is 1. The molecule has 1 fully saturated rings. The van der Waals surface area contributed by atoms with Crippen LogP contribution in [-0.4, -0.2) is 51.3 Å². The third kappa shape index (κ3) is 5.52. The van der Waals surface area contributed by atoms with Crippen LogP contribution < -0.4 is 4.31 Å². The summed E-state index contributed by atoms with van der Waals surface area (Å²) < 4.78 is 59.0. The summed E-state index contributed by atoms with van der Waals surface area (Å²) in [6, 6.07) is 18.9. The maximum atomic E-state index is 13.8. The van der Waals surface area contributed by atoms with Gasteiger partial charge in [0.15, 0.2) is 0 Å². The van der Waals surface area contributed by atoms with Gasteiger partial charge in [0.1, 0.15) is 11.6 Å². The number of hydrogen-bond donors (Lipinski definition) is 0. The van der Waals surface area contributed by atoms with Crippen LogP contribution >= 0.6 is 0 Å². The largest absolute Gasteiger partial charge is 0.462 e. The maximum Gasteiger partial charge on any atom is 0.338 e. The molecule has 0 radical (unpaired) electrons. The van der Waals surface area contributed by atoms with E-state index in [0.717, 1.165) is 33.8 Å². The van der Waals surface area contributed by atoms with E-state index in [-0.39, 0.29) is 18.3 Å². The van der Waals surface area contributed by atoms with Crippen molar-refractivity contribution in [2.45, 2.75) is 19.0 Å². The number of rotatable bonds is 8. The topological polar surface area (TPSA) is 66.9 Å². The van der Waals surface area contributed by atoms with Crippen LogP contribution in [-0.2, 0) is 14.8 Å². The summed E-state index contributed by atoms with van der Waals surface area (Å²) in [5, 5.41) is 0. The Kier molecular flexibility index (Phi) is 7.18. The van der Waals surface area contributed by atoms with Crippen LogP contribution in [0.2, 0.25) is 0 Å². The van der Waals surface area contributed by atoms with Gasteiger partial charge >= 0.3 is 5.97 Å². The van der Waals surface area contributed by atoms with Gasteiger partial charge in [0.05, 0.1) is 36.2 Å². The second-order valence-corrected chi connectivity index (χ2v) is 10.3. The zero-order chi connectivity index (χ0) is 25.2. The Morgan fingerprint density at radius 1 is 1.00 bits per heavy atom. The summed E-state index contributed by atoms with van der Waals surface area (Å²) >= 11 is 0. The number of carbonyl (C=O) groups is 1. The monoisotopic (exact) mass is 500 g/mol. The molecule has 0 aliphatic carbocycles. The average molecular weight is 501 g/mol. The Hall–Kier alpha value is -3.30. The lowest BCUT2D eigenvalue weighted by atomic mass is 9.92. The summed E-state index contributed by atoms with van der Waals surface area (Å²) in [5.74, 6) is -2.08. The van der Waals surface area contributed by atoms with Crippen LogP contribution in [0.3, 0.4) is 0 Å². The molecule has 0 aromatic heterocycles. The van der Waals surface area contributed by atoms with E-state index in [1.165, 1.54) is 0 Å². The Bertz CT molecular complexity index is 1270. The smallest absolute Gasteiger partial charge is 0.338 e. The number of esters is 1. The van der Waals surface area contributed by atoms with Crippen LogP contribution in [0, 0.1) is 11.6 Å². The predicted molar refractivity (Wildman–Crippen MR) is 130 cm³/mol. The van der Waals surface area contributed by atoms with Gasteiger partial charge in [-0.3, -0.25) is 9.21 Å². The molecule has 6 nitrogen and oxygen atoms in total. The third-order valence-corrected chi connectivity index (χ3v) is 7.12. The van der Waals surface area contributed by atoms with Crippen molar-refractivity contribution < 1.29 is 26.7 Å². The van der Waals surface area contributed by atoms with Crippen LogP contribution in [0.15, 0.2) is 72.8 Å². The number of carbonyl (C=O) groups excluding carboxylic acids is 1. The van der Waals surface area contributed by atoms with Crippen LogP contribution in [0.1, 0.15) is 34.5 Å². The Morgan fingerprint density at radius 2 is 1.57 bits per heavy atom. The number of likely N-dealkylation sites (tertiary alicyclic amines) is 1. The van der Waals surface area contributed by atoms with E-state index in [0.29, 0.717) is 24.7 Å². The molecule has 0 amide bonds. The molecule has 0 spiro atoms. The molecule has 1 aliphatic heterocycles. The zero-order valence-corrected chi connectivity index (χ0v) is 20.2. The van der Waals surface area contributed by atoms with Gasteiger partial charge in [0.2, 0.25) is 10.0 Å². The van der Waals surface area contributed by atoms with Crippen molar-refractivity contribution in [3.8, 4) is 0 Å². The van der Waals surface area contributed by atoms with Gasteiger partial charge < -0.3 is 4.74 Å². The van der Waals surface area contributed by atoms with E-state index in [4.69, 9.17) is 4.74 Å². The molecular weight excluding hydrogens is 474 g/mol. The lowest BCUT2D eigenvalue weighted by Gasteiger charge is -2.48. The Balaban J connectivity index is 1.62. The SMILES string of the molecule is CCOC(=O)c1ccc([C@H](c2ccccc2)N2CC(N(c3cc(F)cc(F)c3)S(C)(=O)=O)C2)cc1. The molecule has 1 heterocycles. The number of ether oxygens (including phenoxy) is 1. The van der Waals surface area contributed by atoms with Gasteiger partial charge in [-0.1, -0.05) is 42.5 Å². The van der Waals surface area contributed by atoms with Crippen molar-refractivity contribution in [3.05, 3.63) is 101 Å². The van der Waals surface area contributed by atoms with Crippen molar-refractivity contribution in [2.75, 3.05) is 30.3 Å². The van der Waals surface area contributed by atoms with Gasteiger partial charge in [-0.05, 0) is 42.3 Å². The molecule has 1 atom stereocenters. The molecule has 0 bridgehead atoms. The molecule has 4 rings (SSSR count). The summed E-state index contributed by atoms with van der Waals surface area (Å²) in [5.41, 5.74) is 2.33. The van der Waals surface area contributed by atoms with Crippen molar-refractivity contribution in [3.63, 3.8) is 0 Å². The van der Waals surface area contributed by atoms with Crippen LogP contribution in [0.4, 0.5) is 14.5 Å². The predicted octanol–water partition coefficient (Wildman–Crippen LogP) is 4.38. The first-order chi connectivity index (χ1) is 16.7. The standard InChI is InChI=1S/C26H26F2N2O4S/c1-3-34-26(31)20-11-9-19(10-12-20)25(18-7-5-4-6-8-18)29-16-24(17-29)30(35(2,32)33)23-14-21(27)13-22(28)15-23/h4-15,24-25H,3,16-17H2,1-2H3/t25-/m0/s1. The Labute approximate surface area is 203 Å². The minimum atomic E-state index is -3.79. The van der Waals surface area contributed by atoms with Crippen molar-refractivity contribution >= 4 is 21.7 Å². The van der Waals surface area contributed by atoms with E-state index in [1.807, 2.05) is 42.5 Å². The minimum Gasteiger partial charge on any atom is -0.462 e. The highest BCUT2D eigenvalue weighted by Gasteiger charge is 2.41. The van der Waals surface area contributed by atoms with Crippen molar-refractivity contribution in [1.29, 1.82) is 0 Å². The highest BCUT2D eigenvalue weighted by atomic mass is 32.2. The van der Waals surface area contributed by atoms with E-state index >= 15 is 0 Å². The number of halogens is 2. The molecule has 0 unspecified atom stereocenters. The summed E-state index contributed by atoms with van der Waals surface area (Å²) in [6.07, 6.45) is 1.03. The first-order valence-electron chi connectivity index (χ1n) is 11.2. The van der Waals surface area contributed by atoms with E-state index in [2.05, 4.69) is 4.90 Å². The highest BCUT2D eigenvalue weighted by molar-refractivity contribution is 7.92. The lowest BCUT2D eigenvalue weighted by Crippen LogP contribution is -2.61. The molecule has 9 heteroatoms. The van der Waals surface area contributed by atoms with Gasteiger partial charge in [-0.2, -0.15) is 0 Å². The second kappa shape index (κ2) is 10.1. The molecule has 1 saturated heterocycles. The van der Waals surface area contributed by atoms with E-state index < -0.39 is 33.7 Å². The quantitative estimate of drug-likeness (QED) is 0.430. The van der Waals surface area contributed by atoms with Gasteiger partial charge in [-0.15, -0.1) is 0 Å². The minimum absolute atomic E-state index is 0.0373. The maximum absolute atomic E-state index is 13.8. The molecule has 3 aromatic rings. The average Bonchev–Trinajstić information content (AvgIpc) is 2.77. The fourth-order valence-electron chi connectivity index (χ4n) is 4.45. The fourth-order valence-corrected chi connectivity index (χ4v) is 5.62. The zero-order valence-electron chi connectivity index (χ0n) is 19.4. The Morgan fingerprint density at radius 3 is 2.11 bits per heavy atom. The molecule has 35 heavy (non-hydrogen) atoms. The normalized spacial score (nSPS) is 15.3. The first kappa shape index (κ1) is 24.8. The van der Waals surface area contributed by atoms with Gasteiger partial charge in [0, 0.05) is 19.2 Å². The van der Waals surface area contributed by atoms with Gasteiger partial charge in [0.25, 0.3) is 0 Å². The van der Waals surface area contributed by atoms with Gasteiger partial charge in [-0.25, -0.2) is 22.0 Å². The van der Waals surface area contributed by atoms with Crippen LogP contribution in [0.25, 0.3) is 0 Å². The molecule has 184 valence electrons. The summed E-state index contributed by atoms with van der Waals surface area (Å²) in [4.78, 5) is 14.1. The third-order valence-electron chi connectivity index (χ3n) is 5.90. The number of anilines is 1. The first-order valence-corrected chi connectivity index (χ1v) is 13.0. The molecule has 0 saturated carbocycles. The summed E-state index contributed by atoms with van der Waals surface area (Å²) in [7, 11) is -3.79. The molecule has 3 aromatic carbocycles. The molecule has 0 N–H and O–H groups in total. The van der Waals surface area contributed by atoms with Crippen molar-refractivity contribution in [1.82, 2.24) is 4.90 Å². The number of nitrogens with zero attached hydrogens (tertiary/aromatic N) is 2. The highest BCUT2D eigenvalue weighted by Crippen LogP contribution is 2.36. The van der Waals surface area contributed by atoms with E-state index in [9.17, 15) is 22.0 Å². The van der Waals surface area contributed by atoms with Crippen molar-refractivity contribution in [2.24, 2.45) is 0 Å². The number of benzene rings is 3. The molecular formula is C26H26F2N2O4S. The fraction of sp³-hybridized carbons (Fsp3) is 0.269. The summed E-state index contributed by atoms with van der Waals surface area (Å²) in [6.45, 7) is 2.74. The van der Waals surface area contributed by atoms with E-state index in [1.54, 1.807) is 19.1 Å². The second-order valence-electron chi connectivity index (χ2n) is 8.45. The molecule has 1 aliphatic rings. The lowest BCUT2D eigenvalue weighted by molar-refractivity contribution is 0.0526. The van der Waals surface area contributed by atoms with Crippen LogP contribution in [0.5, 0.6) is 0 Å². The number of hydrogen-bond acceptors (Lipinski definition) is 5.